The highest BCUT2D eigenvalue weighted by molar-refractivity contribution is 6.41. The number of carbonyl (C=O) groups is 6. The van der Waals surface area contributed by atoms with Crippen LogP contribution in [0.15, 0.2) is 18.2 Å². The van der Waals surface area contributed by atoms with Gasteiger partial charge in [-0.25, -0.2) is 14.1 Å². The molecule has 4 amide bonds. The van der Waals surface area contributed by atoms with Gasteiger partial charge in [-0.2, -0.15) is 0 Å². The van der Waals surface area contributed by atoms with Crippen molar-refractivity contribution in [2.45, 2.75) is 72.3 Å². The monoisotopic (exact) mass is 889 g/mol. The van der Waals surface area contributed by atoms with Gasteiger partial charge in [0, 0.05) is 89.9 Å². The number of hydrogen-bond acceptors (Lipinski definition) is 14. The fourth-order valence-corrected chi connectivity index (χ4v) is 6.51. The molecule has 0 aliphatic carbocycles. The topological polar surface area (TPSA) is 213 Å². The van der Waals surface area contributed by atoms with Crippen molar-refractivity contribution in [2.24, 2.45) is 0 Å². The Labute approximate surface area is 368 Å². The normalized spacial score (nSPS) is 12.9. The number of carbonyl (C=O) groups excluding carboxylic acids is 6. The molecule has 1 aliphatic rings. The second-order valence-electron chi connectivity index (χ2n) is 14.5. The molecule has 2 heterocycles. The number of fused-ring (bicyclic) bond motifs is 1. The molecule has 350 valence electrons. The van der Waals surface area contributed by atoms with Gasteiger partial charge in [-0.05, 0) is 76.0 Å². The lowest BCUT2D eigenvalue weighted by Gasteiger charge is -2.18. The van der Waals surface area contributed by atoms with Gasteiger partial charge >= 0.3 is 18.0 Å². The number of nitrogens with one attached hydrogen (secondary N) is 3. The summed E-state index contributed by atoms with van der Waals surface area (Å²) in [6.07, 6.45) is 1.61. The number of ether oxygens (including phenoxy) is 7. The average molecular weight is 890 g/mol. The molecule has 0 unspecified atom stereocenters. The number of nitrogens with zero attached hydrogens (tertiary/aromatic N) is 2. The van der Waals surface area contributed by atoms with Crippen LogP contribution in [0, 0.1) is 19.7 Å². The zero-order chi connectivity index (χ0) is 46.1. The van der Waals surface area contributed by atoms with Gasteiger partial charge in [-0.15, -0.1) is 0 Å². The molecule has 0 saturated heterocycles. The van der Waals surface area contributed by atoms with Gasteiger partial charge in [-0.3, -0.25) is 24.0 Å². The zero-order valence-corrected chi connectivity index (χ0v) is 37.4. The Morgan fingerprint density at radius 2 is 1.48 bits per heavy atom. The lowest BCUT2D eigenvalue weighted by atomic mass is 10.0. The Kier molecular flexibility index (Phi) is 23.6. The number of aryl methyl sites for hydroxylation is 1. The second-order valence-corrected chi connectivity index (χ2v) is 14.5. The second kappa shape index (κ2) is 28.5. The van der Waals surface area contributed by atoms with E-state index in [0.29, 0.717) is 68.1 Å². The van der Waals surface area contributed by atoms with Crippen LogP contribution in [0.2, 0.25) is 0 Å². The highest BCUT2D eigenvalue weighted by atomic mass is 19.1. The van der Waals surface area contributed by atoms with Crippen molar-refractivity contribution in [3.8, 4) is 0 Å². The minimum atomic E-state index is -0.981. The molecule has 0 bridgehead atoms. The summed E-state index contributed by atoms with van der Waals surface area (Å²) in [4.78, 5) is 82.7. The lowest BCUT2D eigenvalue weighted by molar-refractivity contribution is -0.155. The van der Waals surface area contributed by atoms with E-state index in [1.54, 1.807) is 13.8 Å². The minimum Gasteiger partial charge on any atom is -0.463 e. The number of rotatable bonds is 30. The van der Waals surface area contributed by atoms with Gasteiger partial charge in [0.1, 0.15) is 31.7 Å². The standard InChI is InChI=1S/C44H64FN5O13/c1-7-49(8-2)19-17-47-42(54)41-30(3)36(48-31(41)4)27-35-34-26-32(45)15-16-37(34)50(43(35)55)44(56)61-25-24-59-23-18-46-38(51)12-9-22-60-33(28-62-39(52)13-10-20-57-5)29-63-40(53)14-11-21-58-6/h15-16,26-27,33,48H,7-14,17-25,28-29H2,1-6H3,(H,46,51)(H,47,54)/b35-27-. The maximum Gasteiger partial charge on any atom is 0.421 e. The number of anilines is 1. The van der Waals surface area contributed by atoms with Crippen molar-refractivity contribution in [1.82, 2.24) is 20.5 Å². The number of benzene rings is 1. The van der Waals surface area contributed by atoms with Crippen LogP contribution in [0.5, 0.6) is 0 Å². The van der Waals surface area contributed by atoms with E-state index in [9.17, 15) is 33.2 Å². The molecule has 0 radical (unpaired) electrons. The van der Waals surface area contributed by atoms with Crippen LogP contribution in [0.3, 0.4) is 0 Å². The van der Waals surface area contributed by atoms with Crippen molar-refractivity contribution >= 4 is 53.1 Å². The minimum absolute atomic E-state index is 0.0353. The third-order valence-electron chi connectivity index (χ3n) is 9.95. The number of H-pyrrole nitrogens is 1. The summed E-state index contributed by atoms with van der Waals surface area (Å²) < 4.78 is 51.5. The third-order valence-corrected chi connectivity index (χ3v) is 9.95. The summed E-state index contributed by atoms with van der Waals surface area (Å²) in [5, 5.41) is 5.67. The molecule has 0 saturated carbocycles. The maximum atomic E-state index is 14.5. The lowest BCUT2D eigenvalue weighted by Crippen LogP contribution is -2.35. The number of aromatic amines is 1. The Hall–Kier alpha value is -5.21. The number of likely N-dealkylation sites (N-methyl/N-ethyl adjacent to an activating group) is 1. The molecule has 1 aromatic heterocycles. The largest absolute Gasteiger partial charge is 0.463 e. The highest BCUT2D eigenvalue weighted by Crippen LogP contribution is 2.39. The predicted molar refractivity (Wildman–Crippen MR) is 230 cm³/mol. The van der Waals surface area contributed by atoms with Gasteiger partial charge in [0.2, 0.25) is 5.91 Å². The first-order valence-corrected chi connectivity index (χ1v) is 21.3. The summed E-state index contributed by atoms with van der Waals surface area (Å²) in [6, 6.07) is 3.63. The van der Waals surface area contributed by atoms with Crippen molar-refractivity contribution in [3.63, 3.8) is 0 Å². The van der Waals surface area contributed by atoms with E-state index in [2.05, 4.69) is 34.4 Å². The smallest absolute Gasteiger partial charge is 0.421 e. The molecule has 18 nitrogen and oxygen atoms in total. The number of amides is 4. The van der Waals surface area contributed by atoms with E-state index in [4.69, 9.17) is 33.2 Å². The van der Waals surface area contributed by atoms with Gasteiger partial charge < -0.3 is 53.7 Å². The molecule has 0 atom stereocenters. The predicted octanol–water partition coefficient (Wildman–Crippen LogP) is 4.10. The van der Waals surface area contributed by atoms with Crippen molar-refractivity contribution in [2.75, 3.05) is 105 Å². The summed E-state index contributed by atoms with van der Waals surface area (Å²) in [5.41, 5.74) is 2.47. The van der Waals surface area contributed by atoms with E-state index >= 15 is 0 Å². The molecule has 1 aliphatic heterocycles. The van der Waals surface area contributed by atoms with Gasteiger partial charge in [0.05, 0.1) is 30.0 Å². The van der Waals surface area contributed by atoms with Gasteiger partial charge in [0.15, 0.2) is 0 Å². The maximum absolute atomic E-state index is 14.5. The number of imide groups is 1. The van der Waals surface area contributed by atoms with E-state index in [1.165, 1.54) is 26.4 Å². The van der Waals surface area contributed by atoms with E-state index in [0.717, 1.165) is 30.1 Å². The molecular weight excluding hydrogens is 826 g/mol. The summed E-state index contributed by atoms with van der Waals surface area (Å²) in [5.74, 6) is -2.72. The van der Waals surface area contributed by atoms with Crippen LogP contribution in [0.1, 0.15) is 85.2 Å². The van der Waals surface area contributed by atoms with Crippen LogP contribution in [0.25, 0.3) is 11.6 Å². The van der Waals surface area contributed by atoms with Crippen LogP contribution in [-0.4, -0.2) is 152 Å². The van der Waals surface area contributed by atoms with E-state index in [1.807, 2.05) is 0 Å². The Morgan fingerprint density at radius 1 is 0.825 bits per heavy atom. The average Bonchev–Trinajstić information content (AvgIpc) is 3.70. The molecule has 63 heavy (non-hydrogen) atoms. The third kappa shape index (κ3) is 17.5. The van der Waals surface area contributed by atoms with Crippen molar-refractivity contribution < 1.29 is 66.3 Å². The quantitative estimate of drug-likeness (QED) is 0.0436. The fourth-order valence-electron chi connectivity index (χ4n) is 6.51. The van der Waals surface area contributed by atoms with Crippen molar-refractivity contribution in [3.05, 3.63) is 52.1 Å². The first-order chi connectivity index (χ1) is 30.3. The molecule has 3 rings (SSSR count). The Balaban J connectivity index is 1.43. The van der Waals surface area contributed by atoms with Crippen LogP contribution in [0.4, 0.5) is 14.9 Å². The molecule has 0 spiro atoms. The highest BCUT2D eigenvalue weighted by Gasteiger charge is 2.38. The fraction of sp³-hybridized carbons (Fsp3) is 0.591. The summed E-state index contributed by atoms with van der Waals surface area (Å²) in [6.45, 7) is 11.3. The molecular formula is C44H64FN5O13. The van der Waals surface area contributed by atoms with Gasteiger partial charge in [0.25, 0.3) is 11.8 Å². The summed E-state index contributed by atoms with van der Waals surface area (Å²) >= 11 is 0. The SMILES string of the molecule is CCN(CC)CCNC(=O)c1c(C)[nH]c(/C=C2\C(=O)N(C(=O)OCCOCCNC(=O)CCCOC(COC(=O)CCCOC)COC(=O)CCCOC)c3ccc(F)cc32)c1C. The van der Waals surface area contributed by atoms with Crippen molar-refractivity contribution in [1.29, 1.82) is 0 Å². The molecule has 19 heteroatoms. The van der Waals surface area contributed by atoms with Crippen LogP contribution in [-0.2, 0) is 52.3 Å². The number of esters is 2. The molecule has 2 aromatic rings. The molecule has 1 aromatic carbocycles. The zero-order valence-electron chi connectivity index (χ0n) is 37.4. The van der Waals surface area contributed by atoms with Crippen LogP contribution >= 0.6 is 0 Å². The summed E-state index contributed by atoms with van der Waals surface area (Å²) in [7, 11) is 3.08. The number of methoxy groups -OCH3 is 2. The van der Waals surface area contributed by atoms with E-state index < -0.39 is 35.9 Å². The Bertz CT molecular complexity index is 1820. The van der Waals surface area contributed by atoms with E-state index in [-0.39, 0.29) is 94.1 Å². The number of hydrogen-bond donors (Lipinski definition) is 3. The first-order valence-electron chi connectivity index (χ1n) is 21.3. The molecule has 3 N–H and O–H groups in total. The first kappa shape index (κ1) is 52.1. The molecule has 0 fully saturated rings. The Morgan fingerprint density at radius 3 is 2.11 bits per heavy atom. The number of halogens is 1. The van der Waals surface area contributed by atoms with Gasteiger partial charge in [-0.1, -0.05) is 13.8 Å². The van der Waals surface area contributed by atoms with Crippen LogP contribution < -0.4 is 15.5 Å². The number of aromatic nitrogens is 1.